The molecule has 138 valence electrons. The number of fused-ring (bicyclic) bond motifs is 5. The van der Waals surface area contributed by atoms with Crippen molar-refractivity contribution in [3.8, 4) is 0 Å². The number of aliphatic hydroxyl groups excluding tert-OH is 2. The van der Waals surface area contributed by atoms with E-state index in [1.165, 1.54) is 0 Å². The number of hydrogen-bond acceptors (Lipinski definition) is 4. The smallest absolute Gasteiger partial charge is 0.155 e. The first-order chi connectivity index (χ1) is 11.7. The maximum absolute atomic E-state index is 12.2. The Hall–Kier alpha value is -1.00. The van der Waals surface area contributed by atoms with E-state index in [9.17, 15) is 19.8 Å². The van der Waals surface area contributed by atoms with E-state index in [0.717, 1.165) is 24.8 Å². The summed E-state index contributed by atoms with van der Waals surface area (Å²) >= 11 is 0. The molecule has 4 nitrogen and oxygen atoms in total. The lowest BCUT2D eigenvalue weighted by atomic mass is 9.46. The van der Waals surface area contributed by atoms with Crippen LogP contribution in [0.15, 0.2) is 11.6 Å². The molecule has 0 aromatic heterocycles. The largest absolute Gasteiger partial charge is 0.393 e. The quantitative estimate of drug-likeness (QED) is 0.765. The molecule has 4 aliphatic rings. The summed E-state index contributed by atoms with van der Waals surface area (Å²) < 4.78 is 0. The minimum absolute atomic E-state index is 0.0217. The SMILES string of the molecule is CC(=O)[C@H]1C[C@@H](O)[C@H]2[C@@H]3[C@H](O)CC4=CC(=O)CC[C@]4(C)[C@H]3CC[C@@]21C. The summed E-state index contributed by atoms with van der Waals surface area (Å²) in [6.07, 6.45) is 5.12. The molecule has 4 rings (SSSR count). The molecule has 4 aliphatic carbocycles. The summed E-state index contributed by atoms with van der Waals surface area (Å²) in [5, 5.41) is 21.9. The standard InChI is InChI=1S/C21H30O4/c1-11(22)15-10-17(25)19-18-14(5-7-21(15,19)3)20(2)6-4-13(23)8-12(20)9-16(18)24/h8,14-19,24-25H,4-7,9-10H2,1-3H3/t14-,15+,16+,17+,18-,19-,20-,21+/m0/s1. The Kier molecular flexibility index (Phi) is 3.83. The number of aliphatic hydroxyl groups is 2. The van der Waals surface area contributed by atoms with Gasteiger partial charge in [-0.2, -0.15) is 0 Å². The molecule has 25 heavy (non-hydrogen) atoms. The van der Waals surface area contributed by atoms with E-state index in [-0.39, 0.29) is 46.1 Å². The minimum Gasteiger partial charge on any atom is -0.393 e. The summed E-state index contributed by atoms with van der Waals surface area (Å²) in [4.78, 5) is 24.1. The zero-order valence-electron chi connectivity index (χ0n) is 15.5. The highest BCUT2D eigenvalue weighted by atomic mass is 16.3. The minimum atomic E-state index is -0.528. The molecule has 0 spiro atoms. The third-order valence-corrected chi connectivity index (χ3v) is 8.46. The van der Waals surface area contributed by atoms with E-state index in [1.807, 2.05) is 0 Å². The van der Waals surface area contributed by atoms with Crippen LogP contribution < -0.4 is 0 Å². The molecule has 4 heteroatoms. The second-order valence-corrected chi connectivity index (χ2v) is 9.55. The maximum Gasteiger partial charge on any atom is 0.155 e. The predicted octanol–water partition coefficient (Wildman–Crippen LogP) is 2.67. The molecular weight excluding hydrogens is 316 g/mol. The molecule has 2 N–H and O–H groups in total. The number of hydrogen-bond donors (Lipinski definition) is 2. The van der Waals surface area contributed by atoms with E-state index >= 15 is 0 Å². The van der Waals surface area contributed by atoms with Crippen molar-refractivity contribution < 1.29 is 19.8 Å². The zero-order chi connectivity index (χ0) is 18.1. The van der Waals surface area contributed by atoms with Gasteiger partial charge in [0.15, 0.2) is 5.78 Å². The Morgan fingerprint density at radius 2 is 1.92 bits per heavy atom. The van der Waals surface area contributed by atoms with E-state index < -0.39 is 12.2 Å². The van der Waals surface area contributed by atoms with Crippen LogP contribution in [-0.2, 0) is 9.59 Å². The van der Waals surface area contributed by atoms with Gasteiger partial charge in [0.1, 0.15) is 5.78 Å². The van der Waals surface area contributed by atoms with Crippen molar-refractivity contribution in [1.29, 1.82) is 0 Å². The van der Waals surface area contributed by atoms with E-state index in [0.29, 0.717) is 19.3 Å². The normalized spacial score (nSPS) is 52.0. The maximum atomic E-state index is 12.2. The molecule has 0 saturated heterocycles. The average molecular weight is 346 g/mol. The fourth-order valence-electron chi connectivity index (χ4n) is 7.21. The van der Waals surface area contributed by atoms with Crippen LogP contribution >= 0.6 is 0 Å². The monoisotopic (exact) mass is 346 g/mol. The molecule has 0 aromatic carbocycles. The molecule has 0 radical (unpaired) electrons. The van der Waals surface area contributed by atoms with Crippen LogP contribution in [0.4, 0.5) is 0 Å². The van der Waals surface area contributed by atoms with Crippen molar-refractivity contribution in [2.24, 2.45) is 34.5 Å². The van der Waals surface area contributed by atoms with Gasteiger partial charge in [-0.05, 0) is 73.7 Å². The van der Waals surface area contributed by atoms with Gasteiger partial charge < -0.3 is 10.2 Å². The molecule has 0 amide bonds. The molecule has 8 atom stereocenters. The first-order valence-electron chi connectivity index (χ1n) is 9.79. The average Bonchev–Trinajstić information content (AvgIpc) is 2.81. The third-order valence-electron chi connectivity index (χ3n) is 8.46. The summed E-state index contributed by atoms with van der Waals surface area (Å²) in [7, 11) is 0. The molecule has 0 heterocycles. The van der Waals surface area contributed by atoms with Gasteiger partial charge >= 0.3 is 0 Å². The molecule has 0 bridgehead atoms. The van der Waals surface area contributed by atoms with Gasteiger partial charge in [0.2, 0.25) is 0 Å². The number of Topliss-reactive ketones (excluding diaryl/α,β-unsaturated/α-hetero) is 1. The lowest BCUT2D eigenvalue weighted by Crippen LogP contribution is -2.57. The Balaban J connectivity index is 1.75. The van der Waals surface area contributed by atoms with Crippen molar-refractivity contribution in [3.05, 3.63) is 11.6 Å². The highest BCUT2D eigenvalue weighted by Gasteiger charge is 2.64. The van der Waals surface area contributed by atoms with Gasteiger partial charge in [0.05, 0.1) is 12.2 Å². The summed E-state index contributed by atoms with van der Waals surface area (Å²) in [5.74, 6) is 0.533. The first-order valence-corrected chi connectivity index (χ1v) is 9.79. The number of ketones is 2. The number of rotatable bonds is 1. The lowest BCUT2D eigenvalue weighted by molar-refractivity contribution is -0.142. The Morgan fingerprint density at radius 1 is 1.20 bits per heavy atom. The number of carbonyl (C=O) groups excluding carboxylic acids is 2. The van der Waals surface area contributed by atoms with Crippen LogP contribution in [0.3, 0.4) is 0 Å². The Labute approximate surface area is 149 Å². The van der Waals surface area contributed by atoms with Gasteiger partial charge in [0, 0.05) is 12.3 Å². The fourth-order valence-corrected chi connectivity index (χ4v) is 7.21. The van der Waals surface area contributed by atoms with Gasteiger partial charge in [-0.25, -0.2) is 0 Å². The second kappa shape index (κ2) is 5.50. The van der Waals surface area contributed by atoms with Crippen molar-refractivity contribution in [3.63, 3.8) is 0 Å². The summed E-state index contributed by atoms with van der Waals surface area (Å²) in [6.45, 7) is 6.05. The third kappa shape index (κ3) is 2.26. The van der Waals surface area contributed by atoms with Crippen LogP contribution in [0.1, 0.15) is 59.3 Å². The van der Waals surface area contributed by atoms with Crippen LogP contribution in [0.5, 0.6) is 0 Å². The second-order valence-electron chi connectivity index (χ2n) is 9.55. The van der Waals surface area contributed by atoms with Crippen molar-refractivity contribution >= 4 is 11.6 Å². The molecule has 0 aliphatic heterocycles. The highest BCUT2D eigenvalue weighted by Crippen LogP contribution is 2.66. The van der Waals surface area contributed by atoms with E-state index in [2.05, 4.69) is 13.8 Å². The van der Waals surface area contributed by atoms with Crippen LogP contribution in [0.2, 0.25) is 0 Å². The Morgan fingerprint density at radius 3 is 2.60 bits per heavy atom. The first kappa shape index (κ1) is 17.4. The van der Waals surface area contributed by atoms with Gasteiger partial charge in [0.25, 0.3) is 0 Å². The highest BCUT2D eigenvalue weighted by molar-refractivity contribution is 5.91. The molecule has 0 unspecified atom stereocenters. The number of carbonyl (C=O) groups is 2. The van der Waals surface area contributed by atoms with Gasteiger partial charge in [-0.1, -0.05) is 19.4 Å². The predicted molar refractivity (Wildman–Crippen MR) is 93.7 cm³/mol. The molecule has 3 fully saturated rings. The van der Waals surface area contributed by atoms with Crippen molar-refractivity contribution in [2.45, 2.75) is 71.5 Å². The Bertz CT molecular complexity index is 652. The molecule has 0 aromatic rings. The topological polar surface area (TPSA) is 74.6 Å². The van der Waals surface area contributed by atoms with Crippen molar-refractivity contribution in [2.75, 3.05) is 0 Å². The van der Waals surface area contributed by atoms with Crippen LogP contribution in [0.25, 0.3) is 0 Å². The van der Waals surface area contributed by atoms with Crippen LogP contribution in [0, 0.1) is 34.5 Å². The van der Waals surface area contributed by atoms with E-state index in [4.69, 9.17) is 0 Å². The van der Waals surface area contributed by atoms with Gasteiger partial charge in [-0.15, -0.1) is 0 Å². The molecule has 3 saturated carbocycles. The van der Waals surface area contributed by atoms with Gasteiger partial charge in [-0.3, -0.25) is 9.59 Å². The van der Waals surface area contributed by atoms with E-state index in [1.54, 1.807) is 13.0 Å². The van der Waals surface area contributed by atoms with Crippen molar-refractivity contribution in [1.82, 2.24) is 0 Å². The lowest BCUT2D eigenvalue weighted by Gasteiger charge is -2.59. The molecular formula is C21H30O4. The zero-order valence-corrected chi connectivity index (χ0v) is 15.5. The summed E-state index contributed by atoms with van der Waals surface area (Å²) in [5.41, 5.74) is 0.847. The summed E-state index contributed by atoms with van der Waals surface area (Å²) in [6, 6.07) is 0. The fraction of sp³-hybridized carbons (Fsp3) is 0.810. The van der Waals surface area contributed by atoms with Crippen LogP contribution in [-0.4, -0.2) is 34.0 Å².